The molecule has 13 heteroatoms. The topological polar surface area (TPSA) is 117 Å². The molecule has 192 valence electrons. The summed E-state index contributed by atoms with van der Waals surface area (Å²) in [5.74, 6) is -0.535. The average Bonchev–Trinajstić information content (AvgIpc) is 3.63. The number of fused-ring (bicyclic) bond motifs is 3. The van der Waals surface area contributed by atoms with Crippen LogP contribution in [0.1, 0.15) is 0 Å². The van der Waals surface area contributed by atoms with Crippen LogP contribution in [0.3, 0.4) is 0 Å². The lowest BCUT2D eigenvalue weighted by Gasteiger charge is -2.36. The first kappa shape index (κ1) is 23.7. The standard InChI is InChI=1S/C24H24F2N8O2S/c1-37(35)22-13-20(16(25)11-17(22)26)32-7-4-31(5-8-32)6-9-33-23-15(14-28-33)19-12-18(21-3-2-10-36-21)30-34(19)24(27)29-23/h2-3,10-14H,4-9H2,1H3,(H2,27,29). The number of benzene rings is 1. The third-order valence-electron chi connectivity index (χ3n) is 6.66. The second-order valence-electron chi connectivity index (χ2n) is 8.90. The van der Waals surface area contributed by atoms with Gasteiger partial charge in [-0.05, 0) is 29.4 Å². The highest BCUT2D eigenvalue weighted by Gasteiger charge is 2.24. The molecule has 1 unspecified atom stereocenters. The summed E-state index contributed by atoms with van der Waals surface area (Å²) in [7, 11) is 0. The van der Waals surface area contributed by atoms with Crippen molar-refractivity contribution in [3.05, 3.63) is 54.4 Å². The highest BCUT2D eigenvalue weighted by atomic mass is 32.2. The van der Waals surface area contributed by atoms with Gasteiger partial charge in [0.05, 0.1) is 35.6 Å². The van der Waals surface area contributed by atoms with Crippen LogP contribution in [-0.2, 0) is 17.7 Å². The molecule has 0 saturated carbocycles. The number of nitrogens with two attached hydrogens (primary N) is 1. The number of rotatable bonds is 6. The first-order valence-corrected chi connectivity index (χ1v) is 13.3. The number of aromatic nitrogens is 5. The molecule has 1 aliphatic heterocycles. The third-order valence-corrected chi connectivity index (χ3v) is 7.59. The first-order valence-electron chi connectivity index (χ1n) is 11.7. The lowest BCUT2D eigenvalue weighted by molar-refractivity contribution is 0.245. The van der Waals surface area contributed by atoms with E-state index in [0.717, 1.165) is 17.0 Å². The van der Waals surface area contributed by atoms with Gasteiger partial charge < -0.3 is 19.6 Å². The summed E-state index contributed by atoms with van der Waals surface area (Å²) in [6, 6.07) is 7.71. The number of hydrogen-bond donors (Lipinski definition) is 1. The zero-order valence-corrected chi connectivity index (χ0v) is 20.8. The molecular formula is C24H24F2N8O2S. The molecule has 0 aliphatic carbocycles. The molecule has 5 aromatic rings. The number of nitrogen functional groups attached to an aromatic ring is 1. The summed E-state index contributed by atoms with van der Waals surface area (Å²) >= 11 is -1.53. The number of hydrogen-bond acceptors (Lipinski definition) is 8. The van der Waals surface area contributed by atoms with Crippen LogP contribution in [0.15, 0.2) is 52.1 Å². The molecule has 1 fully saturated rings. The van der Waals surface area contributed by atoms with Crippen molar-refractivity contribution in [2.75, 3.05) is 49.6 Å². The van der Waals surface area contributed by atoms with Crippen molar-refractivity contribution < 1.29 is 17.8 Å². The summed E-state index contributed by atoms with van der Waals surface area (Å²) in [6.45, 7) is 3.81. The Morgan fingerprint density at radius 1 is 1.11 bits per heavy atom. The first-order chi connectivity index (χ1) is 17.9. The van der Waals surface area contributed by atoms with Gasteiger partial charge >= 0.3 is 0 Å². The van der Waals surface area contributed by atoms with Crippen LogP contribution in [-0.4, -0.2) is 72.8 Å². The minimum atomic E-state index is -1.53. The Bertz CT molecular complexity index is 1580. The number of piperazine rings is 1. The summed E-state index contributed by atoms with van der Waals surface area (Å²) in [5.41, 5.74) is 8.61. The Labute approximate surface area is 213 Å². The van der Waals surface area contributed by atoms with E-state index in [-0.39, 0.29) is 16.5 Å². The molecule has 1 atom stereocenters. The molecule has 4 aromatic heterocycles. The van der Waals surface area contributed by atoms with Crippen LogP contribution < -0.4 is 10.6 Å². The number of furan rings is 1. The van der Waals surface area contributed by atoms with Crippen LogP contribution in [0.2, 0.25) is 0 Å². The van der Waals surface area contributed by atoms with E-state index in [2.05, 4.69) is 20.1 Å². The second kappa shape index (κ2) is 9.32. The number of halogens is 2. The van der Waals surface area contributed by atoms with E-state index >= 15 is 0 Å². The van der Waals surface area contributed by atoms with E-state index in [1.807, 2.05) is 21.7 Å². The van der Waals surface area contributed by atoms with Gasteiger partial charge in [0.1, 0.15) is 17.8 Å². The van der Waals surface area contributed by atoms with E-state index in [9.17, 15) is 13.3 Å². The molecular weight excluding hydrogens is 502 g/mol. The highest BCUT2D eigenvalue weighted by molar-refractivity contribution is 7.90. The van der Waals surface area contributed by atoms with Gasteiger partial charge in [-0.15, -0.1) is 0 Å². The fourth-order valence-electron chi connectivity index (χ4n) is 4.72. The van der Waals surface area contributed by atoms with Crippen LogP contribution in [0.5, 0.6) is 0 Å². The van der Waals surface area contributed by atoms with Crippen LogP contribution in [0.4, 0.5) is 20.4 Å². The predicted molar refractivity (Wildman–Crippen MR) is 136 cm³/mol. The molecule has 0 radical (unpaired) electrons. The van der Waals surface area contributed by atoms with Crippen LogP contribution >= 0.6 is 0 Å². The molecule has 0 spiro atoms. The summed E-state index contributed by atoms with van der Waals surface area (Å²) in [4.78, 5) is 8.66. The van der Waals surface area contributed by atoms with E-state index in [1.54, 1.807) is 23.0 Å². The van der Waals surface area contributed by atoms with Gasteiger partial charge in [0, 0.05) is 44.9 Å². The van der Waals surface area contributed by atoms with Gasteiger partial charge in [0.15, 0.2) is 22.1 Å². The minimum Gasteiger partial charge on any atom is -0.612 e. The van der Waals surface area contributed by atoms with E-state index in [4.69, 9.17) is 10.2 Å². The van der Waals surface area contributed by atoms with Gasteiger partial charge in [-0.2, -0.15) is 19.7 Å². The lowest BCUT2D eigenvalue weighted by Crippen LogP contribution is -2.47. The van der Waals surface area contributed by atoms with Crippen molar-refractivity contribution in [1.82, 2.24) is 29.3 Å². The maximum atomic E-state index is 14.4. The normalized spacial score (nSPS) is 15.7. The quantitative estimate of drug-likeness (QED) is 0.336. The smallest absolute Gasteiger partial charge is 0.223 e. The summed E-state index contributed by atoms with van der Waals surface area (Å²) in [5, 5.41) is 9.88. The third kappa shape index (κ3) is 4.28. The van der Waals surface area contributed by atoms with E-state index < -0.39 is 22.8 Å². The van der Waals surface area contributed by atoms with E-state index in [0.29, 0.717) is 56.4 Å². The molecule has 1 aliphatic rings. The molecule has 6 rings (SSSR count). The van der Waals surface area contributed by atoms with Crippen molar-refractivity contribution in [2.24, 2.45) is 0 Å². The Kier molecular flexibility index (Phi) is 5.97. The molecule has 0 bridgehead atoms. The maximum absolute atomic E-state index is 14.4. The molecule has 5 heterocycles. The average molecular weight is 527 g/mol. The highest BCUT2D eigenvalue weighted by Crippen LogP contribution is 2.28. The minimum absolute atomic E-state index is 0.0136. The van der Waals surface area contributed by atoms with Gasteiger partial charge in [-0.3, -0.25) is 4.90 Å². The van der Waals surface area contributed by atoms with Gasteiger partial charge in [0.2, 0.25) is 5.95 Å². The number of anilines is 2. The van der Waals surface area contributed by atoms with Gasteiger partial charge in [-0.25, -0.2) is 13.5 Å². The Balaban J connectivity index is 1.15. The van der Waals surface area contributed by atoms with Crippen LogP contribution in [0, 0.1) is 11.6 Å². The molecule has 1 aromatic carbocycles. The fourth-order valence-corrected chi connectivity index (χ4v) is 5.33. The predicted octanol–water partition coefficient (Wildman–Crippen LogP) is 2.76. The van der Waals surface area contributed by atoms with Crippen molar-refractivity contribution >= 4 is 39.4 Å². The Morgan fingerprint density at radius 2 is 1.92 bits per heavy atom. The van der Waals surface area contributed by atoms with Crippen molar-refractivity contribution in [1.29, 1.82) is 0 Å². The molecule has 1 saturated heterocycles. The number of nitrogens with zero attached hydrogens (tertiary/aromatic N) is 7. The van der Waals surface area contributed by atoms with Crippen molar-refractivity contribution in [3.63, 3.8) is 0 Å². The molecule has 37 heavy (non-hydrogen) atoms. The maximum Gasteiger partial charge on any atom is 0.223 e. The largest absolute Gasteiger partial charge is 0.612 e. The van der Waals surface area contributed by atoms with Crippen molar-refractivity contribution in [2.45, 2.75) is 11.4 Å². The van der Waals surface area contributed by atoms with Gasteiger partial charge in [0.25, 0.3) is 0 Å². The fraction of sp³-hybridized carbons (Fsp3) is 0.292. The van der Waals surface area contributed by atoms with Gasteiger partial charge in [-0.1, -0.05) is 0 Å². The van der Waals surface area contributed by atoms with Crippen molar-refractivity contribution in [3.8, 4) is 11.5 Å². The molecule has 10 nitrogen and oxygen atoms in total. The van der Waals surface area contributed by atoms with Crippen LogP contribution in [0.25, 0.3) is 28.0 Å². The zero-order valence-electron chi connectivity index (χ0n) is 20.0. The van der Waals surface area contributed by atoms with E-state index in [1.165, 1.54) is 12.3 Å². The Morgan fingerprint density at radius 3 is 2.65 bits per heavy atom. The molecule has 2 N–H and O–H groups in total. The Hall–Kier alpha value is -3.68. The monoisotopic (exact) mass is 526 g/mol. The SMILES string of the molecule is C[S+]([O-])c1cc(N2CCN(CCn3ncc4c3nc(N)n3nc(-c5ccco5)cc43)CC2)c(F)cc1F. The summed E-state index contributed by atoms with van der Waals surface area (Å²) < 4.78 is 49.0. The molecule has 0 amide bonds. The lowest BCUT2D eigenvalue weighted by atomic mass is 10.2. The summed E-state index contributed by atoms with van der Waals surface area (Å²) in [6.07, 6.45) is 4.74. The second-order valence-corrected chi connectivity index (χ2v) is 10.2. The zero-order chi connectivity index (χ0) is 25.7.